The van der Waals surface area contributed by atoms with E-state index < -0.39 is 5.41 Å². The van der Waals surface area contributed by atoms with Crippen LogP contribution in [0.5, 0.6) is 0 Å². The second-order valence-corrected chi connectivity index (χ2v) is 10.2. The summed E-state index contributed by atoms with van der Waals surface area (Å²) in [4.78, 5) is 34.6. The maximum absolute atomic E-state index is 12.0. The predicted octanol–water partition coefficient (Wildman–Crippen LogP) is 4.74. The molecule has 2 aliphatic rings. The Morgan fingerprint density at radius 2 is 1.71 bits per heavy atom. The molecule has 0 aromatic heterocycles. The van der Waals surface area contributed by atoms with Gasteiger partial charge in [0.2, 0.25) is 11.8 Å². The van der Waals surface area contributed by atoms with Crippen LogP contribution in [-0.2, 0) is 19.1 Å². The fourth-order valence-corrected chi connectivity index (χ4v) is 4.50. The largest absolute Gasteiger partial charge is 0.465 e. The Bertz CT molecular complexity index is 1300. The number of nitrogens with zero attached hydrogens (tertiary/aromatic N) is 2. The number of para-hydroxylation sites is 1. The van der Waals surface area contributed by atoms with Gasteiger partial charge in [-0.1, -0.05) is 59.6 Å². The van der Waals surface area contributed by atoms with E-state index in [1.165, 1.54) is 18.1 Å². The first-order chi connectivity index (χ1) is 18.1. The van der Waals surface area contributed by atoms with Crippen LogP contribution < -0.4 is 20.9 Å². The van der Waals surface area contributed by atoms with E-state index >= 15 is 0 Å². The van der Waals surface area contributed by atoms with E-state index in [4.69, 9.17) is 16.3 Å². The van der Waals surface area contributed by atoms with Gasteiger partial charge in [0, 0.05) is 11.9 Å². The van der Waals surface area contributed by atoms with Gasteiger partial charge < -0.3 is 4.74 Å². The summed E-state index contributed by atoms with van der Waals surface area (Å²) in [6.07, 6.45) is 0.498. The van der Waals surface area contributed by atoms with Gasteiger partial charge in [0.05, 0.1) is 30.4 Å². The quantitative estimate of drug-likeness (QED) is 0.460. The molecule has 198 valence electrons. The maximum Gasteiger partial charge on any atom is 0.302 e. The van der Waals surface area contributed by atoms with E-state index in [1.54, 1.807) is 24.1 Å². The van der Waals surface area contributed by atoms with Crippen molar-refractivity contribution in [2.45, 2.75) is 33.2 Å². The molecule has 0 radical (unpaired) electrons. The molecule has 8 nitrogen and oxygen atoms in total. The van der Waals surface area contributed by atoms with Crippen LogP contribution in [0.4, 0.5) is 11.4 Å². The number of hydrazine groups is 2. The van der Waals surface area contributed by atoms with E-state index in [2.05, 4.69) is 36.0 Å². The van der Waals surface area contributed by atoms with Gasteiger partial charge >= 0.3 is 5.97 Å². The van der Waals surface area contributed by atoms with Crippen LogP contribution >= 0.6 is 11.6 Å². The molecule has 2 fully saturated rings. The molecule has 0 bridgehead atoms. The fraction of sp³-hybridized carbons (Fsp3) is 0.276. The molecule has 9 heteroatoms. The molecule has 38 heavy (non-hydrogen) atoms. The van der Waals surface area contributed by atoms with Crippen LogP contribution in [0.15, 0.2) is 78.9 Å². The highest BCUT2D eigenvalue weighted by atomic mass is 35.5. The van der Waals surface area contributed by atoms with Crippen molar-refractivity contribution >= 4 is 40.8 Å². The van der Waals surface area contributed by atoms with Crippen molar-refractivity contribution in [3.63, 3.8) is 0 Å². The molecular formula is C29H31ClN4O4. The van der Waals surface area contributed by atoms with Crippen molar-refractivity contribution in [3.8, 4) is 0 Å². The summed E-state index contributed by atoms with van der Waals surface area (Å²) in [5.74, 6) is -0.488. The van der Waals surface area contributed by atoms with Gasteiger partial charge in [0.15, 0.2) is 0 Å². The van der Waals surface area contributed by atoms with Crippen molar-refractivity contribution < 1.29 is 19.1 Å². The minimum atomic E-state index is -0.745. The third-order valence-electron chi connectivity index (χ3n) is 6.42. The van der Waals surface area contributed by atoms with Crippen LogP contribution in [0.1, 0.15) is 37.4 Å². The third-order valence-corrected chi connectivity index (χ3v) is 6.67. The lowest BCUT2D eigenvalue weighted by molar-refractivity contribution is -0.146. The van der Waals surface area contributed by atoms with E-state index in [0.717, 1.165) is 11.4 Å². The topological polar surface area (TPSA) is 91.0 Å². The van der Waals surface area contributed by atoms with Crippen LogP contribution in [-0.4, -0.2) is 30.9 Å². The number of amides is 2. The maximum atomic E-state index is 12.0. The normalized spacial score (nSPS) is 20.4. The zero-order valence-electron chi connectivity index (χ0n) is 21.6. The zero-order valence-corrected chi connectivity index (χ0v) is 22.4. The number of hydrogen-bond acceptors (Lipinski definition) is 6. The molecule has 2 heterocycles. The highest BCUT2D eigenvalue weighted by Crippen LogP contribution is 2.32. The molecule has 0 aliphatic carbocycles. The second-order valence-electron chi connectivity index (χ2n) is 9.72. The summed E-state index contributed by atoms with van der Waals surface area (Å²) >= 11 is 5.82. The summed E-state index contributed by atoms with van der Waals surface area (Å²) in [6.45, 7) is 5.66. The fourth-order valence-electron chi connectivity index (χ4n) is 4.37. The standard InChI is InChI=1S/C16H16N2O.C13H15ClN2O3/c1-12-6-5-7-13(10-12)15-11-16(19)17-18(15)14-8-3-2-4-9-14;1-9(17)19-8-13(2)7-16(15-12(13)18)11-5-3-10(14)4-6-11/h2-10,15H,11H2,1H3,(H,17,19);3-6H,7-8H2,1-2H3,(H,15,18). The molecule has 3 aromatic carbocycles. The second kappa shape index (κ2) is 11.6. The number of carbonyl (C=O) groups excluding carboxylic acids is 3. The van der Waals surface area contributed by atoms with Crippen LogP contribution in [0.3, 0.4) is 0 Å². The minimum Gasteiger partial charge on any atom is -0.465 e. The Kier molecular flexibility index (Phi) is 8.22. The summed E-state index contributed by atoms with van der Waals surface area (Å²) < 4.78 is 4.95. The Balaban J connectivity index is 0.000000177. The molecule has 2 saturated heterocycles. The first-order valence-electron chi connectivity index (χ1n) is 12.3. The lowest BCUT2D eigenvalue weighted by atomic mass is 9.92. The average molecular weight is 535 g/mol. The van der Waals surface area contributed by atoms with Crippen molar-refractivity contribution in [1.29, 1.82) is 0 Å². The number of rotatable bonds is 5. The van der Waals surface area contributed by atoms with Crippen molar-refractivity contribution in [1.82, 2.24) is 10.9 Å². The highest BCUT2D eigenvalue weighted by molar-refractivity contribution is 6.30. The van der Waals surface area contributed by atoms with E-state index in [9.17, 15) is 14.4 Å². The number of esters is 1. The molecule has 2 N–H and O–H groups in total. The number of nitrogens with one attached hydrogen (secondary N) is 2. The van der Waals surface area contributed by atoms with Crippen molar-refractivity contribution in [2.75, 3.05) is 23.2 Å². The van der Waals surface area contributed by atoms with Gasteiger partial charge in [-0.3, -0.25) is 35.3 Å². The molecular weight excluding hydrogens is 504 g/mol. The number of carbonyl (C=O) groups is 3. The first kappa shape index (κ1) is 27.0. The monoisotopic (exact) mass is 534 g/mol. The van der Waals surface area contributed by atoms with Crippen molar-refractivity contribution in [3.05, 3.63) is 95.0 Å². The number of aryl methyl sites for hydroxylation is 1. The van der Waals surface area contributed by atoms with Crippen LogP contribution in [0.25, 0.3) is 0 Å². The molecule has 2 amide bonds. The molecule has 5 rings (SSSR count). The molecule has 2 aliphatic heterocycles. The van der Waals surface area contributed by atoms with E-state index in [0.29, 0.717) is 18.0 Å². The molecule has 3 aromatic rings. The van der Waals surface area contributed by atoms with Crippen LogP contribution in [0.2, 0.25) is 5.02 Å². The highest BCUT2D eigenvalue weighted by Gasteiger charge is 2.43. The number of hydrogen-bond donors (Lipinski definition) is 2. The number of anilines is 2. The van der Waals surface area contributed by atoms with Crippen molar-refractivity contribution in [2.24, 2.45) is 5.41 Å². The van der Waals surface area contributed by atoms with E-state index in [1.807, 2.05) is 53.5 Å². The molecule has 0 spiro atoms. The lowest BCUT2D eigenvalue weighted by Crippen LogP contribution is -2.35. The van der Waals surface area contributed by atoms with Gasteiger partial charge in [0.25, 0.3) is 0 Å². The van der Waals surface area contributed by atoms with Gasteiger partial charge in [-0.15, -0.1) is 0 Å². The average Bonchev–Trinajstić information content (AvgIpc) is 3.44. The summed E-state index contributed by atoms with van der Waals surface area (Å²) in [7, 11) is 0. The van der Waals surface area contributed by atoms with Gasteiger partial charge in [-0.05, 0) is 55.8 Å². The number of ether oxygens (including phenoxy) is 1. The Morgan fingerprint density at radius 1 is 1.00 bits per heavy atom. The van der Waals surface area contributed by atoms with Crippen LogP contribution in [0, 0.1) is 12.3 Å². The Hall–Kier alpha value is -4.04. The van der Waals surface area contributed by atoms with Gasteiger partial charge in [-0.2, -0.15) is 0 Å². The third kappa shape index (κ3) is 6.44. The summed E-state index contributed by atoms with van der Waals surface area (Å²) in [5.41, 5.74) is 9.18. The first-order valence-corrected chi connectivity index (χ1v) is 12.7. The minimum absolute atomic E-state index is 0.0646. The number of benzene rings is 3. The van der Waals surface area contributed by atoms with E-state index in [-0.39, 0.29) is 30.4 Å². The Morgan fingerprint density at radius 3 is 2.37 bits per heavy atom. The smallest absolute Gasteiger partial charge is 0.302 e. The summed E-state index contributed by atoms with van der Waals surface area (Å²) in [5, 5.41) is 4.32. The van der Waals surface area contributed by atoms with Gasteiger partial charge in [-0.25, -0.2) is 0 Å². The SMILES string of the molecule is CC(=O)OCC1(C)CN(c2ccc(Cl)cc2)NC1=O.Cc1cccc(C2CC(=O)NN2c2ccccc2)c1. The molecule has 0 saturated carbocycles. The van der Waals surface area contributed by atoms with Gasteiger partial charge in [0.1, 0.15) is 12.0 Å². The zero-order chi connectivity index (χ0) is 27.3. The molecule has 2 unspecified atom stereocenters. The molecule has 2 atom stereocenters. The predicted molar refractivity (Wildman–Crippen MR) is 147 cm³/mol. The number of halogens is 1. The lowest BCUT2D eigenvalue weighted by Gasteiger charge is -2.25. The summed E-state index contributed by atoms with van der Waals surface area (Å²) in [6, 6.07) is 25.5. The Labute approximate surface area is 227 Å².